The molecule has 4 aromatic rings. The van der Waals surface area contributed by atoms with Crippen LogP contribution in [0.2, 0.25) is 0 Å². The third-order valence-electron chi connectivity index (χ3n) is 6.98. The Hall–Kier alpha value is -4.57. The van der Waals surface area contributed by atoms with Crippen molar-refractivity contribution in [2.75, 3.05) is 38.2 Å². The molecule has 3 heterocycles. The number of methoxy groups -OCH3 is 1. The molecule has 1 saturated heterocycles. The van der Waals surface area contributed by atoms with E-state index in [4.69, 9.17) is 10.1 Å². The van der Waals surface area contributed by atoms with Gasteiger partial charge in [-0.25, -0.2) is 19.4 Å². The Kier molecular flexibility index (Phi) is 7.38. The largest absolute Gasteiger partial charge is 0.497 e. The molecule has 39 heavy (non-hydrogen) atoms. The second-order valence-corrected chi connectivity index (χ2v) is 9.44. The smallest absolute Gasteiger partial charge is 0.225 e. The number of halogens is 1. The van der Waals surface area contributed by atoms with Crippen LogP contribution in [0.5, 0.6) is 5.75 Å². The predicted octanol–water partition coefficient (Wildman–Crippen LogP) is 4.05. The number of benzene rings is 2. The molecular weight excluding hydrogens is 497 g/mol. The molecule has 1 aliphatic rings. The molecule has 0 unspecified atom stereocenters. The van der Waals surface area contributed by atoms with Crippen LogP contribution in [-0.4, -0.2) is 70.4 Å². The number of hydrogen-bond donors (Lipinski definition) is 3. The van der Waals surface area contributed by atoms with Crippen LogP contribution in [0.25, 0.3) is 11.1 Å². The molecule has 0 aliphatic carbocycles. The van der Waals surface area contributed by atoms with Crippen molar-refractivity contribution >= 4 is 18.1 Å². The molecule has 2 aromatic heterocycles. The van der Waals surface area contributed by atoms with Gasteiger partial charge in [0.2, 0.25) is 5.95 Å². The van der Waals surface area contributed by atoms with E-state index in [0.717, 1.165) is 28.9 Å². The number of anilines is 1. The highest BCUT2D eigenvalue weighted by Crippen LogP contribution is 2.29. The molecule has 10 heteroatoms. The molecule has 1 aliphatic heterocycles. The fourth-order valence-corrected chi connectivity index (χ4v) is 4.67. The van der Waals surface area contributed by atoms with Gasteiger partial charge >= 0.3 is 0 Å². The van der Waals surface area contributed by atoms with E-state index < -0.39 is 5.60 Å². The molecule has 200 valence electrons. The molecule has 1 atom stereocenters. The lowest BCUT2D eigenvalue weighted by molar-refractivity contribution is 0.101. The number of nitrogens with one attached hydrogen (secondary N) is 2. The fraction of sp³-hybridized carbons (Fsp3) is 0.241. The third-order valence-corrected chi connectivity index (χ3v) is 6.98. The van der Waals surface area contributed by atoms with Crippen LogP contribution in [0.15, 0.2) is 78.2 Å². The van der Waals surface area contributed by atoms with E-state index in [9.17, 15) is 9.50 Å². The number of piperazine rings is 1. The molecule has 0 bridgehead atoms. The normalized spacial score (nSPS) is 15.6. The number of aromatic nitrogens is 3. The second-order valence-electron chi connectivity index (χ2n) is 9.44. The minimum absolute atomic E-state index is 0.359. The fourth-order valence-electron chi connectivity index (χ4n) is 4.67. The van der Waals surface area contributed by atoms with E-state index in [1.807, 2.05) is 36.5 Å². The Morgan fingerprint density at radius 1 is 1.05 bits per heavy atom. The molecule has 3 N–H and O–H groups in total. The first-order valence-electron chi connectivity index (χ1n) is 12.6. The molecule has 0 spiro atoms. The van der Waals surface area contributed by atoms with Crippen molar-refractivity contribution in [2.24, 2.45) is 4.99 Å². The van der Waals surface area contributed by atoms with Crippen LogP contribution in [0, 0.1) is 11.2 Å². The van der Waals surface area contributed by atoms with Crippen LogP contribution in [0.3, 0.4) is 0 Å². The quantitative estimate of drug-likeness (QED) is 0.247. The first kappa shape index (κ1) is 26.1. The van der Waals surface area contributed by atoms with Crippen LogP contribution in [-0.2, 0) is 5.60 Å². The maximum atomic E-state index is 13.3. The van der Waals surface area contributed by atoms with E-state index in [1.165, 1.54) is 12.1 Å². The monoisotopic (exact) mass is 527 g/mol. The summed E-state index contributed by atoms with van der Waals surface area (Å²) in [6.45, 7) is 4.29. The van der Waals surface area contributed by atoms with Gasteiger partial charge in [0, 0.05) is 50.3 Å². The van der Waals surface area contributed by atoms with Gasteiger partial charge in [0.1, 0.15) is 23.5 Å². The Bertz CT molecular complexity index is 1460. The highest BCUT2D eigenvalue weighted by Gasteiger charge is 2.28. The van der Waals surface area contributed by atoms with Crippen molar-refractivity contribution in [3.8, 4) is 16.9 Å². The van der Waals surface area contributed by atoms with E-state index in [-0.39, 0.29) is 5.82 Å². The van der Waals surface area contributed by atoms with Crippen molar-refractivity contribution in [1.29, 1.82) is 5.41 Å². The summed E-state index contributed by atoms with van der Waals surface area (Å²) in [6, 6.07) is 15.6. The highest BCUT2D eigenvalue weighted by molar-refractivity contribution is 6.01. The number of H-pyrrole nitrogens is 1. The third kappa shape index (κ3) is 5.51. The van der Waals surface area contributed by atoms with Crippen LogP contribution >= 0.6 is 0 Å². The lowest BCUT2D eigenvalue weighted by Crippen LogP contribution is -2.49. The minimum Gasteiger partial charge on any atom is -0.497 e. The Morgan fingerprint density at radius 3 is 2.44 bits per heavy atom. The molecule has 0 radical (unpaired) electrons. The van der Waals surface area contributed by atoms with Gasteiger partial charge in [0.25, 0.3) is 0 Å². The van der Waals surface area contributed by atoms with Crippen LogP contribution in [0.4, 0.5) is 10.3 Å². The predicted molar refractivity (Wildman–Crippen MR) is 149 cm³/mol. The van der Waals surface area contributed by atoms with Gasteiger partial charge in [-0.2, -0.15) is 0 Å². The first-order valence-corrected chi connectivity index (χ1v) is 12.6. The number of aromatic amines is 1. The summed E-state index contributed by atoms with van der Waals surface area (Å²) in [5.74, 6) is 1.70. The van der Waals surface area contributed by atoms with Gasteiger partial charge in [0.15, 0.2) is 5.84 Å². The number of rotatable bonds is 7. The lowest BCUT2D eigenvalue weighted by atomic mass is 9.90. The SMILES string of the molecule is COc1cccc(-c2c[nH]c(/C(=N\C=N)N3CCN(c4ncc([C@@](C)(O)c5ccc(F)cc5)cn4)CC3)c2)c1. The van der Waals surface area contributed by atoms with Crippen molar-refractivity contribution in [3.05, 3.63) is 95.8 Å². The van der Waals surface area contributed by atoms with E-state index in [1.54, 1.807) is 38.6 Å². The standard InChI is InChI=1S/C29H30FN7O2/c1-29(38,22-6-8-24(30)9-7-22)23-17-33-28(34-18-23)37-12-10-36(11-13-37)27(35-19-31)26-15-21(16-32-26)20-4-3-5-25(14-20)39-2/h3-9,14-19,31-32,38H,10-13H2,1-2H3/b31-19?,35-27+/t29-/m0/s1. The maximum absolute atomic E-state index is 13.3. The van der Waals surface area contributed by atoms with Gasteiger partial charge in [-0.05, 0) is 53.9 Å². The summed E-state index contributed by atoms with van der Waals surface area (Å²) in [5, 5.41) is 18.6. The number of amidine groups is 1. The van der Waals surface area contributed by atoms with Crippen molar-refractivity contribution < 1.29 is 14.2 Å². The lowest BCUT2D eigenvalue weighted by Gasteiger charge is -2.36. The number of nitrogens with zero attached hydrogens (tertiary/aromatic N) is 5. The van der Waals surface area contributed by atoms with Gasteiger partial charge in [-0.1, -0.05) is 24.3 Å². The van der Waals surface area contributed by atoms with Gasteiger partial charge in [0.05, 0.1) is 12.8 Å². The summed E-state index contributed by atoms with van der Waals surface area (Å²) >= 11 is 0. The van der Waals surface area contributed by atoms with Crippen molar-refractivity contribution in [2.45, 2.75) is 12.5 Å². The van der Waals surface area contributed by atoms with E-state index in [2.05, 4.69) is 29.7 Å². The number of hydrogen-bond acceptors (Lipinski definition) is 6. The van der Waals surface area contributed by atoms with Crippen LogP contribution < -0.4 is 9.64 Å². The summed E-state index contributed by atoms with van der Waals surface area (Å²) in [4.78, 5) is 20.9. The first-order chi connectivity index (χ1) is 18.9. The average Bonchev–Trinajstić information content (AvgIpc) is 3.46. The Labute approximate surface area is 226 Å². The zero-order valence-corrected chi connectivity index (χ0v) is 21.8. The number of aliphatic hydroxyl groups is 1. The Balaban J connectivity index is 1.26. The molecule has 9 nitrogen and oxygen atoms in total. The summed E-state index contributed by atoms with van der Waals surface area (Å²) < 4.78 is 18.7. The summed E-state index contributed by atoms with van der Waals surface area (Å²) in [6.07, 6.45) is 6.21. The van der Waals surface area contributed by atoms with Crippen molar-refractivity contribution in [1.82, 2.24) is 19.9 Å². The average molecular weight is 528 g/mol. The summed E-state index contributed by atoms with van der Waals surface area (Å²) in [5.41, 5.74) is 2.60. The topological polar surface area (TPSA) is 114 Å². The van der Waals surface area contributed by atoms with E-state index in [0.29, 0.717) is 49.1 Å². The number of ether oxygens (including phenoxy) is 1. The van der Waals surface area contributed by atoms with Gasteiger partial charge in [-0.3, -0.25) is 5.41 Å². The Morgan fingerprint density at radius 2 is 1.77 bits per heavy atom. The van der Waals surface area contributed by atoms with Crippen molar-refractivity contribution in [3.63, 3.8) is 0 Å². The second kappa shape index (κ2) is 11.0. The van der Waals surface area contributed by atoms with Crippen LogP contribution in [0.1, 0.15) is 23.7 Å². The highest BCUT2D eigenvalue weighted by atomic mass is 19.1. The molecule has 1 fully saturated rings. The van der Waals surface area contributed by atoms with E-state index >= 15 is 0 Å². The maximum Gasteiger partial charge on any atom is 0.225 e. The molecule has 0 amide bonds. The molecule has 5 rings (SSSR count). The zero-order valence-electron chi connectivity index (χ0n) is 21.8. The molecule has 0 saturated carbocycles. The zero-order chi connectivity index (χ0) is 27.4. The number of aliphatic imine (C=N–C) groups is 1. The van der Waals surface area contributed by atoms with Gasteiger partial charge in [-0.15, -0.1) is 0 Å². The van der Waals surface area contributed by atoms with Gasteiger partial charge < -0.3 is 24.6 Å². The minimum atomic E-state index is -1.34. The molecule has 2 aromatic carbocycles. The summed E-state index contributed by atoms with van der Waals surface area (Å²) in [7, 11) is 1.65. The molecular formula is C29H30FN7O2.